The summed E-state index contributed by atoms with van der Waals surface area (Å²) in [6, 6.07) is 14.9. The van der Waals surface area contributed by atoms with Gasteiger partial charge in [-0.3, -0.25) is 29.4 Å². The highest BCUT2D eigenvalue weighted by Crippen LogP contribution is 2.32. The molecule has 0 unspecified atom stereocenters. The molecule has 0 aliphatic heterocycles. The van der Waals surface area contributed by atoms with Gasteiger partial charge in [0.2, 0.25) is 5.91 Å². The maximum atomic E-state index is 14.2. The molecule has 52 heavy (non-hydrogen) atoms. The number of alkyl carbamates (subject to hydrolysis) is 1. The van der Waals surface area contributed by atoms with Crippen molar-refractivity contribution in [3.63, 3.8) is 0 Å². The maximum Gasteiger partial charge on any atom is 0.407 e. The number of nitrogens with two attached hydrogens (primary N) is 1. The van der Waals surface area contributed by atoms with E-state index in [2.05, 4.69) is 25.8 Å². The number of rotatable bonds is 10. The molecule has 1 saturated carbocycles. The molecule has 0 saturated heterocycles. The van der Waals surface area contributed by atoms with E-state index >= 15 is 0 Å². The molecule has 6 N–H and O–H groups in total. The minimum Gasteiger partial charge on any atom is -0.444 e. The van der Waals surface area contributed by atoms with Gasteiger partial charge in [-0.15, -0.1) is 0 Å². The van der Waals surface area contributed by atoms with Crippen molar-refractivity contribution >= 4 is 40.4 Å². The molecule has 276 valence electrons. The summed E-state index contributed by atoms with van der Waals surface area (Å²) in [4.78, 5) is 70.7. The monoisotopic (exact) mass is 711 g/mol. The highest BCUT2D eigenvalue weighted by molar-refractivity contribution is 6.17. The number of carbonyl (C=O) groups excluding carboxylic acids is 4. The Labute approximate surface area is 303 Å². The van der Waals surface area contributed by atoms with Crippen molar-refractivity contribution in [1.29, 1.82) is 0 Å². The van der Waals surface area contributed by atoms with Gasteiger partial charge in [0.15, 0.2) is 0 Å². The lowest BCUT2D eigenvalue weighted by atomic mass is 9.81. The number of anilines is 1. The molecule has 2 aromatic heterocycles. The fourth-order valence-electron chi connectivity index (χ4n) is 6.52. The van der Waals surface area contributed by atoms with Crippen LogP contribution in [0, 0.1) is 18.8 Å². The molecule has 1 fully saturated rings. The molecule has 0 radical (unpaired) electrons. The Balaban J connectivity index is 1.29. The van der Waals surface area contributed by atoms with E-state index in [9.17, 15) is 24.0 Å². The Morgan fingerprint density at radius 1 is 0.981 bits per heavy atom. The number of benzene rings is 2. The Morgan fingerprint density at radius 3 is 2.31 bits per heavy atom. The van der Waals surface area contributed by atoms with Crippen LogP contribution >= 0.6 is 0 Å². The van der Waals surface area contributed by atoms with Crippen molar-refractivity contribution < 1.29 is 23.9 Å². The lowest BCUT2D eigenvalue weighted by Crippen LogP contribution is -2.50. The number of fused-ring (bicyclic) bond motifs is 1. The van der Waals surface area contributed by atoms with Crippen molar-refractivity contribution in [3.05, 3.63) is 81.9 Å². The molecule has 1 aliphatic carbocycles. The number of aromatic amines is 2. The number of hydrogen-bond donors (Lipinski definition) is 5. The number of ether oxygens (including phenoxy) is 1. The van der Waals surface area contributed by atoms with Gasteiger partial charge in [-0.2, -0.15) is 0 Å². The lowest BCUT2D eigenvalue weighted by molar-refractivity contribution is -0.130. The minimum absolute atomic E-state index is 0.0000543. The van der Waals surface area contributed by atoms with E-state index in [1.54, 1.807) is 45.0 Å². The standard InChI is InChI=1S/C39H49N7O6/c1-22(2)42-35(48)32-18-17-29(23(3)43-32)26-11-7-24(8-12-26)19-31(40)37(50)46(28-15-16-30-33(20-28)44-45-34(30)47)36(49)27-13-9-25(10-14-27)21-41-38(51)52-39(4,5)6/h7-8,11-12,15-18,20,22,25,27,31H,9-10,13-14,19,21,40H2,1-6H3,(H,41,51)(H,42,48)(H2,44,45,47)/t25?,27?,31-/m0/s1. The second-order valence-corrected chi connectivity index (χ2v) is 14.9. The molecule has 13 heteroatoms. The largest absolute Gasteiger partial charge is 0.444 e. The number of H-pyrrole nitrogens is 2. The summed E-state index contributed by atoms with van der Waals surface area (Å²) in [6.07, 6.45) is 2.18. The van der Waals surface area contributed by atoms with Crippen LogP contribution in [0.3, 0.4) is 0 Å². The van der Waals surface area contributed by atoms with Crippen LogP contribution < -0.4 is 26.8 Å². The third-order valence-corrected chi connectivity index (χ3v) is 9.16. The van der Waals surface area contributed by atoms with Gasteiger partial charge >= 0.3 is 6.09 Å². The predicted octanol–water partition coefficient (Wildman–Crippen LogP) is 5.13. The summed E-state index contributed by atoms with van der Waals surface area (Å²) in [5.41, 5.74) is 10.1. The molecule has 0 spiro atoms. The van der Waals surface area contributed by atoms with Gasteiger partial charge < -0.3 is 21.1 Å². The van der Waals surface area contributed by atoms with Crippen molar-refractivity contribution in [2.75, 3.05) is 11.4 Å². The second-order valence-electron chi connectivity index (χ2n) is 14.9. The maximum absolute atomic E-state index is 14.2. The van der Waals surface area contributed by atoms with Crippen LogP contribution in [0.2, 0.25) is 0 Å². The number of imide groups is 1. The fraction of sp³-hybridized carbons (Fsp3) is 0.436. The van der Waals surface area contributed by atoms with Crippen LogP contribution in [0.1, 0.15) is 82.0 Å². The zero-order chi connectivity index (χ0) is 37.7. The molecular formula is C39H49N7O6. The normalized spacial score (nSPS) is 16.7. The zero-order valence-corrected chi connectivity index (χ0v) is 30.7. The molecule has 2 aromatic carbocycles. The Hall–Kier alpha value is -5.30. The van der Waals surface area contributed by atoms with Crippen LogP contribution in [0.25, 0.3) is 22.0 Å². The van der Waals surface area contributed by atoms with Gasteiger partial charge in [-0.1, -0.05) is 30.3 Å². The first-order valence-electron chi connectivity index (χ1n) is 17.8. The molecule has 4 aromatic rings. The van der Waals surface area contributed by atoms with Crippen molar-refractivity contribution in [3.8, 4) is 11.1 Å². The molecule has 2 heterocycles. The molecule has 1 atom stereocenters. The van der Waals surface area contributed by atoms with Crippen LogP contribution in [0.15, 0.2) is 59.4 Å². The predicted molar refractivity (Wildman–Crippen MR) is 200 cm³/mol. The van der Waals surface area contributed by atoms with E-state index in [0.29, 0.717) is 60.2 Å². The smallest absolute Gasteiger partial charge is 0.407 e. The fourth-order valence-corrected chi connectivity index (χ4v) is 6.52. The number of carbonyl (C=O) groups is 4. The third-order valence-electron chi connectivity index (χ3n) is 9.16. The highest BCUT2D eigenvalue weighted by atomic mass is 16.6. The average molecular weight is 712 g/mol. The van der Waals surface area contributed by atoms with Gasteiger partial charge in [0, 0.05) is 29.8 Å². The quantitative estimate of drug-likeness (QED) is 0.150. The van der Waals surface area contributed by atoms with Crippen LogP contribution in [0.5, 0.6) is 0 Å². The number of aryl methyl sites for hydroxylation is 1. The van der Waals surface area contributed by atoms with E-state index < -0.39 is 29.6 Å². The summed E-state index contributed by atoms with van der Waals surface area (Å²) in [5, 5.41) is 11.4. The van der Waals surface area contributed by atoms with Crippen LogP contribution in [-0.2, 0) is 20.7 Å². The number of amides is 4. The molecule has 4 amide bonds. The average Bonchev–Trinajstić information content (AvgIpc) is 3.46. The molecule has 0 bridgehead atoms. The zero-order valence-electron chi connectivity index (χ0n) is 30.7. The van der Waals surface area contributed by atoms with E-state index in [1.165, 1.54) is 4.90 Å². The van der Waals surface area contributed by atoms with Crippen molar-refractivity contribution in [2.45, 2.75) is 91.3 Å². The lowest BCUT2D eigenvalue weighted by Gasteiger charge is -2.32. The Kier molecular flexibility index (Phi) is 11.6. The van der Waals surface area contributed by atoms with Gasteiger partial charge in [0.05, 0.1) is 22.6 Å². The van der Waals surface area contributed by atoms with Gasteiger partial charge in [-0.05, 0) is 115 Å². The number of hydrogen-bond acceptors (Lipinski definition) is 8. The second kappa shape index (κ2) is 15.9. The number of pyridine rings is 1. The topological polar surface area (TPSA) is 192 Å². The Morgan fingerprint density at radius 2 is 1.67 bits per heavy atom. The summed E-state index contributed by atoms with van der Waals surface area (Å²) in [5.74, 6) is -1.37. The van der Waals surface area contributed by atoms with Gasteiger partial charge in [-0.25, -0.2) is 14.7 Å². The first kappa shape index (κ1) is 37.9. The number of nitrogens with one attached hydrogen (secondary N) is 4. The summed E-state index contributed by atoms with van der Waals surface area (Å²) >= 11 is 0. The van der Waals surface area contributed by atoms with Crippen molar-refractivity contribution in [1.82, 2.24) is 25.8 Å². The van der Waals surface area contributed by atoms with Crippen LogP contribution in [-0.4, -0.2) is 63.2 Å². The Bertz CT molecular complexity index is 1980. The van der Waals surface area contributed by atoms with Gasteiger partial charge in [0.1, 0.15) is 11.3 Å². The van der Waals surface area contributed by atoms with Crippen molar-refractivity contribution in [2.24, 2.45) is 17.6 Å². The third kappa shape index (κ3) is 9.32. The van der Waals surface area contributed by atoms with E-state index in [4.69, 9.17) is 10.5 Å². The SMILES string of the molecule is Cc1nc(C(=O)NC(C)C)ccc1-c1ccc(C[C@H](N)C(=O)N(C(=O)C2CCC(CNC(=O)OC(C)(C)C)CC2)c2ccc3c(=O)[nH][nH]c3c2)cc1. The molecular weight excluding hydrogens is 662 g/mol. The molecule has 5 rings (SSSR count). The van der Waals surface area contributed by atoms with E-state index in [0.717, 1.165) is 16.7 Å². The van der Waals surface area contributed by atoms with Crippen LogP contribution in [0.4, 0.5) is 10.5 Å². The first-order valence-corrected chi connectivity index (χ1v) is 17.8. The summed E-state index contributed by atoms with van der Waals surface area (Å²) in [6.45, 7) is 11.5. The van der Waals surface area contributed by atoms with E-state index in [1.807, 2.05) is 51.1 Å². The van der Waals surface area contributed by atoms with Gasteiger partial charge in [0.25, 0.3) is 17.4 Å². The first-order chi connectivity index (χ1) is 24.6. The number of nitrogens with zero attached hydrogens (tertiary/aromatic N) is 2. The minimum atomic E-state index is -1.03. The number of aromatic nitrogens is 3. The molecule has 1 aliphatic rings. The summed E-state index contributed by atoms with van der Waals surface area (Å²) < 4.78 is 5.34. The highest BCUT2D eigenvalue weighted by Gasteiger charge is 2.36. The van der Waals surface area contributed by atoms with E-state index in [-0.39, 0.29) is 35.8 Å². The summed E-state index contributed by atoms with van der Waals surface area (Å²) in [7, 11) is 0. The molecule has 13 nitrogen and oxygen atoms in total.